The highest BCUT2D eigenvalue weighted by molar-refractivity contribution is 6.30. The largest absolute Gasteiger partial charge is 0.490 e. The van der Waals surface area contributed by atoms with Crippen molar-refractivity contribution < 1.29 is 14.2 Å². The van der Waals surface area contributed by atoms with Crippen molar-refractivity contribution in [3.63, 3.8) is 0 Å². The second-order valence-electron chi connectivity index (χ2n) is 4.76. The van der Waals surface area contributed by atoms with Gasteiger partial charge in [-0.1, -0.05) is 23.7 Å². The smallest absolute Gasteiger partial charge is 0.129 e. The van der Waals surface area contributed by atoms with Crippen LogP contribution in [0.4, 0.5) is 4.39 Å². The fourth-order valence-corrected chi connectivity index (χ4v) is 2.34. The van der Waals surface area contributed by atoms with Gasteiger partial charge in [-0.2, -0.15) is 0 Å². The summed E-state index contributed by atoms with van der Waals surface area (Å²) in [5.74, 6) is 0.131. The number of ether oxygens (including phenoxy) is 1. The molecule has 1 unspecified atom stereocenters. The molecule has 0 saturated heterocycles. The lowest BCUT2D eigenvalue weighted by Crippen LogP contribution is -2.13. The molecule has 0 aliphatic carbocycles. The van der Waals surface area contributed by atoms with E-state index in [1.54, 1.807) is 31.2 Å². The van der Waals surface area contributed by atoms with E-state index in [4.69, 9.17) is 16.3 Å². The Kier molecular flexibility index (Phi) is 4.63. The highest BCUT2D eigenvalue weighted by Gasteiger charge is 2.17. The first kappa shape index (κ1) is 14.8. The molecule has 2 rings (SSSR count). The first-order valence-electron chi connectivity index (χ1n) is 6.30. The van der Waals surface area contributed by atoms with Crippen molar-refractivity contribution in [3.05, 3.63) is 63.9 Å². The van der Waals surface area contributed by atoms with Gasteiger partial charge in [0, 0.05) is 10.6 Å². The first-order chi connectivity index (χ1) is 9.47. The normalized spacial score (nSPS) is 12.2. The van der Waals surface area contributed by atoms with Crippen LogP contribution in [0.25, 0.3) is 0 Å². The second kappa shape index (κ2) is 6.25. The molecule has 0 fully saturated rings. The van der Waals surface area contributed by atoms with Crippen LogP contribution in [-0.2, 0) is 0 Å². The van der Waals surface area contributed by atoms with Crippen molar-refractivity contribution in [1.29, 1.82) is 0 Å². The minimum absolute atomic E-state index is 0.0266. The number of rotatable bonds is 4. The van der Waals surface area contributed by atoms with Gasteiger partial charge in [0.25, 0.3) is 0 Å². The van der Waals surface area contributed by atoms with Crippen LogP contribution in [0.1, 0.15) is 22.8 Å². The summed E-state index contributed by atoms with van der Waals surface area (Å²) in [4.78, 5) is 0. The maximum Gasteiger partial charge on any atom is 0.129 e. The summed E-state index contributed by atoms with van der Waals surface area (Å²) in [5.41, 5.74) is 1.81. The zero-order valence-electron chi connectivity index (χ0n) is 11.4. The van der Waals surface area contributed by atoms with Crippen LogP contribution >= 0.6 is 11.6 Å². The van der Waals surface area contributed by atoms with Crippen LogP contribution in [0.5, 0.6) is 5.75 Å². The SMILES string of the molecule is Cc1cc(C)c(C(O)COc2cccc(Cl)c2)c(F)c1. The number of halogens is 2. The maximum atomic E-state index is 13.9. The summed E-state index contributed by atoms with van der Waals surface area (Å²) in [6, 6.07) is 10.1. The van der Waals surface area contributed by atoms with E-state index in [0.717, 1.165) is 5.56 Å². The molecule has 0 aliphatic heterocycles. The summed E-state index contributed by atoms with van der Waals surface area (Å²) in [5, 5.41) is 10.7. The van der Waals surface area contributed by atoms with Gasteiger partial charge in [-0.25, -0.2) is 4.39 Å². The summed E-state index contributed by atoms with van der Waals surface area (Å²) in [6.07, 6.45) is -1.02. The van der Waals surface area contributed by atoms with E-state index in [0.29, 0.717) is 16.3 Å². The number of aliphatic hydroxyl groups is 1. The molecule has 0 bridgehead atoms. The van der Waals surface area contributed by atoms with Crippen LogP contribution in [0, 0.1) is 19.7 Å². The van der Waals surface area contributed by atoms with Crippen molar-refractivity contribution in [2.45, 2.75) is 20.0 Å². The summed E-state index contributed by atoms with van der Waals surface area (Å²) in [6.45, 7) is 3.56. The number of hydrogen-bond acceptors (Lipinski definition) is 2. The molecule has 0 saturated carbocycles. The summed E-state index contributed by atoms with van der Waals surface area (Å²) < 4.78 is 19.4. The Labute approximate surface area is 122 Å². The Bertz CT molecular complexity index is 590. The lowest BCUT2D eigenvalue weighted by molar-refractivity contribution is 0.104. The minimum atomic E-state index is -1.02. The molecule has 106 valence electrons. The lowest BCUT2D eigenvalue weighted by Gasteiger charge is -2.16. The first-order valence-corrected chi connectivity index (χ1v) is 6.68. The van der Waals surface area contributed by atoms with E-state index >= 15 is 0 Å². The molecular formula is C16H16ClFO2. The van der Waals surface area contributed by atoms with Gasteiger partial charge in [0.15, 0.2) is 0 Å². The fourth-order valence-electron chi connectivity index (χ4n) is 2.16. The van der Waals surface area contributed by atoms with E-state index in [1.165, 1.54) is 6.07 Å². The average molecular weight is 295 g/mol. The third-order valence-electron chi connectivity index (χ3n) is 3.02. The Balaban J connectivity index is 2.11. The molecule has 4 heteroatoms. The van der Waals surface area contributed by atoms with Gasteiger partial charge in [-0.05, 0) is 49.2 Å². The Morgan fingerprint density at radius 3 is 2.65 bits per heavy atom. The van der Waals surface area contributed by atoms with E-state index in [1.807, 2.05) is 13.0 Å². The predicted molar refractivity (Wildman–Crippen MR) is 77.8 cm³/mol. The van der Waals surface area contributed by atoms with Crippen LogP contribution in [0.15, 0.2) is 36.4 Å². The van der Waals surface area contributed by atoms with Gasteiger partial charge in [0.2, 0.25) is 0 Å². The van der Waals surface area contributed by atoms with Crippen molar-refractivity contribution in [2.24, 2.45) is 0 Å². The topological polar surface area (TPSA) is 29.5 Å². The van der Waals surface area contributed by atoms with Gasteiger partial charge in [-0.3, -0.25) is 0 Å². The molecule has 0 heterocycles. The molecule has 0 radical (unpaired) electrons. The van der Waals surface area contributed by atoms with Crippen molar-refractivity contribution in [2.75, 3.05) is 6.61 Å². The number of aryl methyl sites for hydroxylation is 2. The molecular weight excluding hydrogens is 279 g/mol. The Morgan fingerprint density at radius 2 is 2.00 bits per heavy atom. The number of benzene rings is 2. The zero-order valence-corrected chi connectivity index (χ0v) is 12.1. The van der Waals surface area contributed by atoms with Crippen molar-refractivity contribution in [3.8, 4) is 5.75 Å². The third-order valence-corrected chi connectivity index (χ3v) is 3.25. The molecule has 0 aliphatic rings. The monoisotopic (exact) mass is 294 g/mol. The van der Waals surface area contributed by atoms with Crippen LogP contribution in [0.2, 0.25) is 5.02 Å². The van der Waals surface area contributed by atoms with Gasteiger partial charge >= 0.3 is 0 Å². The Morgan fingerprint density at radius 1 is 1.25 bits per heavy atom. The molecule has 2 nitrogen and oxygen atoms in total. The van der Waals surface area contributed by atoms with Crippen molar-refractivity contribution in [1.82, 2.24) is 0 Å². The minimum Gasteiger partial charge on any atom is -0.490 e. The molecule has 1 N–H and O–H groups in total. The highest BCUT2D eigenvalue weighted by atomic mass is 35.5. The Hall–Kier alpha value is -1.58. The second-order valence-corrected chi connectivity index (χ2v) is 5.20. The van der Waals surface area contributed by atoms with Gasteiger partial charge in [0.1, 0.15) is 24.3 Å². The quantitative estimate of drug-likeness (QED) is 0.915. The van der Waals surface area contributed by atoms with Gasteiger partial charge < -0.3 is 9.84 Å². The molecule has 2 aromatic rings. The van der Waals surface area contributed by atoms with Gasteiger partial charge in [-0.15, -0.1) is 0 Å². The van der Waals surface area contributed by atoms with E-state index < -0.39 is 11.9 Å². The molecule has 20 heavy (non-hydrogen) atoms. The molecule has 1 atom stereocenters. The number of hydrogen-bond donors (Lipinski definition) is 1. The molecule has 0 amide bonds. The zero-order chi connectivity index (χ0) is 14.7. The highest BCUT2D eigenvalue weighted by Crippen LogP contribution is 2.24. The lowest BCUT2D eigenvalue weighted by atomic mass is 10.0. The summed E-state index contributed by atoms with van der Waals surface area (Å²) in [7, 11) is 0. The van der Waals surface area contributed by atoms with Crippen LogP contribution in [0.3, 0.4) is 0 Å². The maximum absolute atomic E-state index is 13.9. The number of aliphatic hydroxyl groups excluding tert-OH is 1. The predicted octanol–water partition coefficient (Wildman–Crippen LogP) is 4.21. The van der Waals surface area contributed by atoms with Crippen LogP contribution < -0.4 is 4.74 Å². The van der Waals surface area contributed by atoms with Crippen LogP contribution in [-0.4, -0.2) is 11.7 Å². The van der Waals surface area contributed by atoms with E-state index in [2.05, 4.69) is 0 Å². The molecule has 0 spiro atoms. The average Bonchev–Trinajstić information content (AvgIpc) is 2.35. The molecule has 2 aromatic carbocycles. The summed E-state index contributed by atoms with van der Waals surface area (Å²) >= 11 is 5.84. The van der Waals surface area contributed by atoms with Gasteiger partial charge in [0.05, 0.1) is 0 Å². The van der Waals surface area contributed by atoms with E-state index in [-0.39, 0.29) is 12.2 Å². The third kappa shape index (κ3) is 3.50. The van der Waals surface area contributed by atoms with Crippen molar-refractivity contribution >= 4 is 11.6 Å². The standard InChI is InChI=1S/C16H16ClFO2/c1-10-6-11(2)16(14(18)7-10)15(19)9-20-13-5-3-4-12(17)8-13/h3-8,15,19H,9H2,1-2H3. The van der Waals surface area contributed by atoms with E-state index in [9.17, 15) is 9.50 Å². The fraction of sp³-hybridized carbons (Fsp3) is 0.250. The molecule has 0 aromatic heterocycles.